The van der Waals surface area contributed by atoms with Crippen molar-refractivity contribution in [2.45, 2.75) is 26.7 Å². The molecule has 0 N–H and O–H groups in total. The molecule has 0 bridgehead atoms. The molecule has 0 fully saturated rings. The molecule has 21 heavy (non-hydrogen) atoms. The van der Waals surface area contributed by atoms with E-state index in [2.05, 4.69) is 43.3 Å². The molecule has 0 aromatic heterocycles. The number of rotatable bonds is 6. The number of ketones is 1. The van der Waals surface area contributed by atoms with E-state index in [4.69, 9.17) is 0 Å². The van der Waals surface area contributed by atoms with Crippen molar-refractivity contribution in [2.75, 3.05) is 0 Å². The molecular weight excluding hydrogens is 256 g/mol. The number of hydrogen-bond acceptors (Lipinski definition) is 1. The zero-order chi connectivity index (χ0) is 15.1. The Morgan fingerprint density at radius 2 is 1.57 bits per heavy atom. The first-order valence-corrected chi connectivity index (χ1v) is 7.37. The number of allylic oxidation sites excluding steroid dienone is 1. The largest absolute Gasteiger partial charge is 0.299 e. The van der Waals surface area contributed by atoms with E-state index in [-0.39, 0.29) is 11.2 Å². The van der Waals surface area contributed by atoms with Crippen LogP contribution in [0.1, 0.15) is 31.4 Å². The number of benzene rings is 2. The Morgan fingerprint density at radius 1 is 1.00 bits per heavy atom. The summed E-state index contributed by atoms with van der Waals surface area (Å²) in [4.78, 5) is 12.1. The lowest BCUT2D eigenvalue weighted by Crippen LogP contribution is -2.27. The summed E-state index contributed by atoms with van der Waals surface area (Å²) in [5.74, 6) is 0.240. The van der Waals surface area contributed by atoms with E-state index in [9.17, 15) is 4.79 Å². The second kappa shape index (κ2) is 7.03. The lowest BCUT2D eigenvalue weighted by atomic mass is 9.77. The highest BCUT2D eigenvalue weighted by Crippen LogP contribution is 2.29. The molecule has 1 unspecified atom stereocenters. The maximum atomic E-state index is 12.1. The second-order valence-electron chi connectivity index (χ2n) is 5.80. The van der Waals surface area contributed by atoms with E-state index in [1.165, 1.54) is 11.1 Å². The molecule has 1 heteroatoms. The van der Waals surface area contributed by atoms with Crippen molar-refractivity contribution >= 4 is 11.9 Å². The second-order valence-corrected chi connectivity index (χ2v) is 5.80. The van der Waals surface area contributed by atoms with Crippen LogP contribution in [0.3, 0.4) is 0 Å². The predicted octanol–water partition coefficient (Wildman–Crippen LogP) is 4.93. The lowest BCUT2D eigenvalue weighted by molar-refractivity contribution is -0.125. The maximum absolute atomic E-state index is 12.1. The van der Waals surface area contributed by atoms with Crippen LogP contribution in [0.4, 0.5) is 0 Å². The molecule has 2 aromatic rings. The molecule has 0 heterocycles. The summed E-state index contributed by atoms with van der Waals surface area (Å²) in [7, 11) is 0. The predicted molar refractivity (Wildman–Crippen MR) is 89.0 cm³/mol. The van der Waals surface area contributed by atoms with Crippen LogP contribution < -0.4 is 0 Å². The Kier molecular flexibility index (Phi) is 5.10. The van der Waals surface area contributed by atoms with Gasteiger partial charge in [-0.1, -0.05) is 79.7 Å². The van der Waals surface area contributed by atoms with Crippen LogP contribution in [0.5, 0.6) is 0 Å². The van der Waals surface area contributed by atoms with Gasteiger partial charge in [-0.25, -0.2) is 0 Å². The summed E-state index contributed by atoms with van der Waals surface area (Å²) >= 11 is 0. The van der Waals surface area contributed by atoms with Gasteiger partial charge in [-0.05, 0) is 30.9 Å². The molecule has 108 valence electrons. The molecule has 0 spiro atoms. The number of Topliss-reactive ketones (excluding diaryl/α,β-unsaturated/α-hetero) is 1. The van der Waals surface area contributed by atoms with Gasteiger partial charge in [0.05, 0.1) is 0 Å². The van der Waals surface area contributed by atoms with Gasteiger partial charge >= 0.3 is 0 Å². The van der Waals surface area contributed by atoms with Crippen molar-refractivity contribution in [3.8, 4) is 0 Å². The normalized spacial score (nSPS) is 14.0. The van der Waals surface area contributed by atoms with Crippen molar-refractivity contribution in [1.82, 2.24) is 0 Å². The highest BCUT2D eigenvalue weighted by atomic mass is 16.1. The van der Waals surface area contributed by atoms with E-state index < -0.39 is 0 Å². The quantitative estimate of drug-likeness (QED) is 0.732. The average molecular weight is 278 g/mol. The third-order valence-electron chi connectivity index (χ3n) is 3.97. The van der Waals surface area contributed by atoms with Crippen LogP contribution in [-0.2, 0) is 11.2 Å². The van der Waals surface area contributed by atoms with Gasteiger partial charge in [-0.2, -0.15) is 0 Å². The van der Waals surface area contributed by atoms with Crippen molar-refractivity contribution in [1.29, 1.82) is 0 Å². The topological polar surface area (TPSA) is 17.1 Å². The van der Waals surface area contributed by atoms with Crippen molar-refractivity contribution in [2.24, 2.45) is 5.41 Å². The standard InChI is InChI=1S/C20H22O/c1-17(21)20(2,16-19-12-7-4-8-13-19)15-9-14-18-10-5-3-6-11-18/h3-14H,15-16H2,1-2H3/b14-9+. The van der Waals surface area contributed by atoms with Crippen molar-refractivity contribution in [3.63, 3.8) is 0 Å². The highest BCUT2D eigenvalue weighted by Gasteiger charge is 2.28. The maximum Gasteiger partial charge on any atom is 0.136 e. The summed E-state index contributed by atoms with van der Waals surface area (Å²) < 4.78 is 0. The van der Waals surface area contributed by atoms with Crippen LogP contribution in [0.25, 0.3) is 6.08 Å². The first kappa shape index (κ1) is 15.2. The highest BCUT2D eigenvalue weighted by molar-refractivity contribution is 5.82. The van der Waals surface area contributed by atoms with Gasteiger partial charge in [0.25, 0.3) is 0 Å². The summed E-state index contributed by atoms with van der Waals surface area (Å²) in [6, 6.07) is 20.4. The first-order valence-electron chi connectivity index (χ1n) is 7.37. The van der Waals surface area contributed by atoms with Crippen LogP contribution in [-0.4, -0.2) is 5.78 Å². The molecule has 0 aliphatic rings. The summed E-state index contributed by atoms with van der Waals surface area (Å²) in [5.41, 5.74) is 2.04. The fourth-order valence-corrected chi connectivity index (χ4v) is 2.41. The van der Waals surface area contributed by atoms with Gasteiger partial charge in [0.2, 0.25) is 0 Å². The van der Waals surface area contributed by atoms with E-state index in [1.807, 2.05) is 36.4 Å². The minimum absolute atomic E-state index is 0.240. The molecule has 0 radical (unpaired) electrons. The Labute approximate surface area is 127 Å². The van der Waals surface area contributed by atoms with E-state index >= 15 is 0 Å². The average Bonchev–Trinajstić information content (AvgIpc) is 2.49. The van der Waals surface area contributed by atoms with Crippen LogP contribution in [0, 0.1) is 5.41 Å². The van der Waals surface area contributed by atoms with Gasteiger partial charge in [-0.3, -0.25) is 4.79 Å². The molecular formula is C20H22O. The number of carbonyl (C=O) groups excluding carboxylic acids is 1. The zero-order valence-corrected chi connectivity index (χ0v) is 12.8. The first-order chi connectivity index (χ1) is 10.1. The molecule has 0 saturated heterocycles. The van der Waals surface area contributed by atoms with Gasteiger partial charge in [-0.15, -0.1) is 0 Å². The monoisotopic (exact) mass is 278 g/mol. The number of carbonyl (C=O) groups is 1. The van der Waals surface area contributed by atoms with E-state index in [0.29, 0.717) is 0 Å². The van der Waals surface area contributed by atoms with Crippen LogP contribution in [0.2, 0.25) is 0 Å². The van der Waals surface area contributed by atoms with Crippen molar-refractivity contribution < 1.29 is 4.79 Å². The summed E-state index contributed by atoms with van der Waals surface area (Å²) in [5, 5.41) is 0. The fraction of sp³-hybridized carbons (Fsp3) is 0.250. The van der Waals surface area contributed by atoms with E-state index in [1.54, 1.807) is 6.92 Å². The van der Waals surface area contributed by atoms with Crippen LogP contribution >= 0.6 is 0 Å². The Hall–Kier alpha value is -2.15. The fourth-order valence-electron chi connectivity index (χ4n) is 2.41. The third kappa shape index (κ3) is 4.42. The molecule has 2 rings (SSSR count). The van der Waals surface area contributed by atoms with Gasteiger partial charge in [0, 0.05) is 5.41 Å². The lowest BCUT2D eigenvalue weighted by Gasteiger charge is -2.25. The molecule has 0 amide bonds. The molecule has 1 nitrogen and oxygen atoms in total. The minimum atomic E-state index is -0.341. The summed E-state index contributed by atoms with van der Waals surface area (Å²) in [6.07, 6.45) is 5.74. The minimum Gasteiger partial charge on any atom is -0.299 e. The van der Waals surface area contributed by atoms with Gasteiger partial charge < -0.3 is 0 Å². The molecule has 2 aromatic carbocycles. The molecule has 0 aliphatic heterocycles. The molecule has 0 saturated carbocycles. The van der Waals surface area contributed by atoms with Crippen molar-refractivity contribution in [3.05, 3.63) is 77.9 Å². The van der Waals surface area contributed by atoms with Gasteiger partial charge in [0.15, 0.2) is 0 Å². The summed E-state index contributed by atoms with van der Waals surface area (Å²) in [6.45, 7) is 3.75. The molecule has 1 atom stereocenters. The van der Waals surface area contributed by atoms with E-state index in [0.717, 1.165) is 12.8 Å². The SMILES string of the molecule is CC(=O)C(C)(C/C=C/c1ccccc1)Cc1ccccc1. The number of hydrogen-bond donors (Lipinski definition) is 0. The smallest absolute Gasteiger partial charge is 0.136 e. The molecule has 0 aliphatic carbocycles. The Balaban J connectivity index is 2.08. The third-order valence-corrected chi connectivity index (χ3v) is 3.97. The Bertz CT molecular complexity index is 598. The van der Waals surface area contributed by atoms with Crippen LogP contribution in [0.15, 0.2) is 66.7 Å². The van der Waals surface area contributed by atoms with Gasteiger partial charge in [0.1, 0.15) is 5.78 Å². The Morgan fingerprint density at radius 3 is 2.14 bits per heavy atom. The zero-order valence-electron chi connectivity index (χ0n) is 12.8.